The summed E-state index contributed by atoms with van der Waals surface area (Å²) in [6.45, 7) is 0. The predicted molar refractivity (Wildman–Crippen MR) is 129 cm³/mol. The first-order valence-electron chi connectivity index (χ1n) is 10.0. The van der Waals surface area contributed by atoms with Gasteiger partial charge in [0.05, 0.1) is 35.9 Å². The molecule has 1 saturated heterocycles. The Hall–Kier alpha value is -3.68. The topological polar surface area (TPSA) is 96.3 Å². The van der Waals surface area contributed by atoms with Crippen LogP contribution in [0.25, 0.3) is 5.76 Å². The van der Waals surface area contributed by atoms with E-state index in [1.807, 2.05) is 0 Å². The van der Waals surface area contributed by atoms with Crippen LogP contribution in [0.1, 0.15) is 17.2 Å². The summed E-state index contributed by atoms with van der Waals surface area (Å²) >= 11 is 12.4. The number of anilines is 1. The third-order valence-electron chi connectivity index (χ3n) is 5.49. The van der Waals surface area contributed by atoms with Crippen molar-refractivity contribution in [2.45, 2.75) is 6.04 Å². The van der Waals surface area contributed by atoms with Crippen molar-refractivity contribution in [2.75, 3.05) is 19.1 Å². The number of ketones is 1. The number of methoxy groups -OCH3 is 2. The molecule has 9 heteroatoms. The van der Waals surface area contributed by atoms with E-state index in [1.165, 1.54) is 55.5 Å². The third kappa shape index (κ3) is 4.04. The summed E-state index contributed by atoms with van der Waals surface area (Å²) in [5.74, 6) is -1.41. The van der Waals surface area contributed by atoms with Crippen molar-refractivity contribution in [3.05, 3.63) is 87.4 Å². The van der Waals surface area contributed by atoms with E-state index in [2.05, 4.69) is 0 Å². The average molecular weight is 500 g/mol. The maximum atomic E-state index is 13.2. The smallest absolute Gasteiger partial charge is 0.300 e. The van der Waals surface area contributed by atoms with E-state index >= 15 is 0 Å². The molecule has 174 valence electrons. The molecule has 0 saturated carbocycles. The van der Waals surface area contributed by atoms with Crippen molar-refractivity contribution in [3.8, 4) is 17.2 Å². The number of phenols is 1. The van der Waals surface area contributed by atoms with Crippen LogP contribution in [0.4, 0.5) is 5.69 Å². The zero-order valence-corrected chi connectivity index (χ0v) is 19.6. The van der Waals surface area contributed by atoms with Crippen molar-refractivity contribution >= 4 is 46.3 Å². The van der Waals surface area contributed by atoms with Gasteiger partial charge in [-0.25, -0.2) is 0 Å². The second kappa shape index (κ2) is 9.29. The fourth-order valence-electron chi connectivity index (χ4n) is 3.84. The van der Waals surface area contributed by atoms with E-state index < -0.39 is 23.5 Å². The van der Waals surface area contributed by atoms with Crippen LogP contribution in [0, 0.1) is 0 Å². The Kier molecular flexibility index (Phi) is 6.41. The SMILES string of the molecule is COc1ccc(N2C(=O)C(=O)/C(=C(/O)c3ccc(Cl)c(OC)c3)C2c2ccc(O)cc2)cc1Cl. The molecule has 34 heavy (non-hydrogen) atoms. The lowest BCUT2D eigenvalue weighted by Crippen LogP contribution is -2.29. The zero-order chi connectivity index (χ0) is 24.6. The molecule has 2 N–H and O–H groups in total. The molecule has 1 fully saturated rings. The van der Waals surface area contributed by atoms with Crippen molar-refractivity contribution in [1.29, 1.82) is 0 Å². The molecule has 3 aromatic rings. The van der Waals surface area contributed by atoms with Gasteiger partial charge in [0.2, 0.25) is 0 Å². The number of amides is 1. The Morgan fingerprint density at radius 3 is 2.18 bits per heavy atom. The van der Waals surface area contributed by atoms with Gasteiger partial charge in [0.25, 0.3) is 11.7 Å². The molecule has 1 amide bonds. The molecule has 0 radical (unpaired) electrons. The summed E-state index contributed by atoms with van der Waals surface area (Å²) in [6.07, 6.45) is 0. The molecule has 1 atom stereocenters. The first-order valence-corrected chi connectivity index (χ1v) is 10.8. The number of rotatable bonds is 5. The number of aromatic hydroxyl groups is 1. The van der Waals surface area contributed by atoms with Crippen molar-refractivity contribution in [3.63, 3.8) is 0 Å². The maximum Gasteiger partial charge on any atom is 0.300 e. The Balaban J connectivity index is 1.94. The summed E-state index contributed by atoms with van der Waals surface area (Å²) in [5, 5.41) is 21.5. The van der Waals surface area contributed by atoms with Crippen LogP contribution in [0.2, 0.25) is 10.0 Å². The second-order valence-corrected chi connectivity index (χ2v) is 8.24. The predicted octanol–water partition coefficient (Wildman–Crippen LogP) is 5.34. The molecule has 1 unspecified atom stereocenters. The van der Waals surface area contributed by atoms with Crippen molar-refractivity contribution in [1.82, 2.24) is 0 Å². The fourth-order valence-corrected chi connectivity index (χ4v) is 4.29. The molecule has 1 heterocycles. The van der Waals surface area contributed by atoms with Gasteiger partial charge < -0.3 is 19.7 Å². The molecule has 0 aromatic heterocycles. The number of hydrogen-bond donors (Lipinski definition) is 2. The molecular formula is C25H19Cl2NO6. The normalized spacial score (nSPS) is 17.2. The van der Waals surface area contributed by atoms with Gasteiger partial charge >= 0.3 is 0 Å². The highest BCUT2D eigenvalue weighted by molar-refractivity contribution is 6.52. The van der Waals surface area contributed by atoms with Crippen LogP contribution in [-0.2, 0) is 9.59 Å². The number of aliphatic hydroxyl groups is 1. The Morgan fingerprint density at radius 2 is 1.56 bits per heavy atom. The van der Waals surface area contributed by atoms with Crippen LogP contribution in [0.5, 0.6) is 17.2 Å². The fraction of sp³-hybridized carbons (Fsp3) is 0.120. The van der Waals surface area contributed by atoms with Crippen LogP contribution in [0.3, 0.4) is 0 Å². The van der Waals surface area contributed by atoms with E-state index in [9.17, 15) is 19.8 Å². The van der Waals surface area contributed by atoms with Crippen LogP contribution in [-0.4, -0.2) is 36.1 Å². The Bertz CT molecular complexity index is 1320. The number of benzene rings is 3. The zero-order valence-electron chi connectivity index (χ0n) is 18.1. The standard InChI is InChI=1S/C25H19Cl2NO6/c1-33-19-10-6-15(12-18(19)27)28-22(13-3-7-16(29)8-4-13)21(24(31)25(28)32)23(30)14-5-9-17(26)20(11-14)34-2/h3-12,22,29-30H,1-2H3/b23-21+. The minimum atomic E-state index is -0.994. The first kappa shape index (κ1) is 23.5. The van der Waals surface area contributed by atoms with E-state index in [0.717, 1.165) is 0 Å². The molecule has 0 spiro atoms. The highest BCUT2D eigenvalue weighted by Gasteiger charge is 2.47. The van der Waals surface area contributed by atoms with Gasteiger partial charge in [0.1, 0.15) is 23.0 Å². The number of ether oxygens (including phenoxy) is 2. The Labute approximate surface area is 205 Å². The highest BCUT2D eigenvalue weighted by atomic mass is 35.5. The van der Waals surface area contributed by atoms with Gasteiger partial charge in [-0.15, -0.1) is 0 Å². The molecule has 0 aliphatic carbocycles. The number of hydrogen-bond acceptors (Lipinski definition) is 6. The quantitative estimate of drug-likeness (QED) is 0.279. The summed E-state index contributed by atoms with van der Waals surface area (Å²) in [5.41, 5.74) is 0.938. The maximum absolute atomic E-state index is 13.2. The number of Topliss-reactive ketones (excluding diaryl/α,β-unsaturated/α-hetero) is 1. The number of aliphatic hydroxyl groups excluding tert-OH is 1. The summed E-state index contributed by atoms with van der Waals surface area (Å²) in [6, 6.07) is 14.2. The van der Waals surface area contributed by atoms with Crippen molar-refractivity contribution in [2.24, 2.45) is 0 Å². The molecule has 3 aromatic carbocycles. The molecule has 0 bridgehead atoms. The van der Waals surface area contributed by atoms with Crippen LogP contribution >= 0.6 is 23.2 Å². The lowest BCUT2D eigenvalue weighted by Gasteiger charge is -2.26. The third-order valence-corrected chi connectivity index (χ3v) is 6.10. The number of phenolic OH excluding ortho intramolecular Hbond substituents is 1. The van der Waals surface area contributed by atoms with Crippen LogP contribution in [0.15, 0.2) is 66.2 Å². The average Bonchev–Trinajstić information content (AvgIpc) is 3.09. The summed E-state index contributed by atoms with van der Waals surface area (Å²) in [7, 11) is 2.89. The molecule has 1 aliphatic heterocycles. The summed E-state index contributed by atoms with van der Waals surface area (Å²) in [4.78, 5) is 27.7. The minimum Gasteiger partial charge on any atom is -0.508 e. The van der Waals surface area contributed by atoms with E-state index in [4.69, 9.17) is 32.7 Å². The molecule has 4 rings (SSSR count). The van der Waals surface area contributed by atoms with Crippen molar-refractivity contribution < 1.29 is 29.3 Å². The molecule has 1 aliphatic rings. The van der Waals surface area contributed by atoms with E-state index in [-0.39, 0.29) is 21.9 Å². The lowest BCUT2D eigenvalue weighted by molar-refractivity contribution is -0.132. The van der Waals surface area contributed by atoms with Gasteiger partial charge in [-0.1, -0.05) is 35.3 Å². The summed E-state index contributed by atoms with van der Waals surface area (Å²) < 4.78 is 10.4. The van der Waals surface area contributed by atoms with E-state index in [1.54, 1.807) is 24.3 Å². The number of carbonyl (C=O) groups excluding carboxylic acids is 2. The van der Waals surface area contributed by atoms with Crippen LogP contribution < -0.4 is 14.4 Å². The number of carbonyl (C=O) groups is 2. The molecule has 7 nitrogen and oxygen atoms in total. The van der Waals surface area contributed by atoms with Gasteiger partial charge in [-0.2, -0.15) is 0 Å². The number of halogens is 2. The molecular weight excluding hydrogens is 481 g/mol. The highest BCUT2D eigenvalue weighted by Crippen LogP contribution is 2.44. The Morgan fingerprint density at radius 1 is 0.882 bits per heavy atom. The minimum absolute atomic E-state index is 0.00984. The second-order valence-electron chi connectivity index (χ2n) is 7.43. The lowest BCUT2D eigenvalue weighted by atomic mass is 9.95. The monoisotopic (exact) mass is 499 g/mol. The largest absolute Gasteiger partial charge is 0.508 e. The van der Waals surface area contributed by atoms with Gasteiger partial charge in [-0.05, 0) is 54.1 Å². The van der Waals surface area contributed by atoms with E-state index in [0.29, 0.717) is 27.8 Å². The van der Waals surface area contributed by atoms with Gasteiger partial charge in [-0.3, -0.25) is 14.5 Å². The number of nitrogens with zero attached hydrogens (tertiary/aromatic N) is 1. The van der Waals surface area contributed by atoms with Gasteiger partial charge in [0, 0.05) is 11.3 Å². The van der Waals surface area contributed by atoms with Gasteiger partial charge in [0.15, 0.2) is 0 Å². The first-order chi connectivity index (χ1) is 16.3.